The number of halogens is 1. The summed E-state index contributed by atoms with van der Waals surface area (Å²) >= 11 is 3.41. The Hall–Kier alpha value is -2.35. The molecule has 0 bridgehead atoms. The summed E-state index contributed by atoms with van der Waals surface area (Å²) in [5.74, 6) is 1.07. The molecule has 1 aliphatic rings. The van der Waals surface area contributed by atoms with Gasteiger partial charge in [-0.25, -0.2) is 4.68 Å². The highest BCUT2D eigenvalue weighted by molar-refractivity contribution is 9.10. The van der Waals surface area contributed by atoms with Gasteiger partial charge < -0.3 is 10.1 Å². The second kappa shape index (κ2) is 7.26. The van der Waals surface area contributed by atoms with Gasteiger partial charge in [0.15, 0.2) is 0 Å². The zero-order chi connectivity index (χ0) is 18.0. The summed E-state index contributed by atoms with van der Waals surface area (Å²) in [7, 11) is 1.59. The minimum absolute atomic E-state index is 0.0275. The summed E-state index contributed by atoms with van der Waals surface area (Å²) in [6.45, 7) is 2.71. The summed E-state index contributed by atoms with van der Waals surface area (Å²) in [6, 6.07) is 7.42. The largest absolute Gasteiger partial charge is 0.496 e. The maximum atomic E-state index is 12.3. The lowest BCUT2D eigenvalue weighted by Crippen LogP contribution is -2.44. The van der Waals surface area contributed by atoms with Gasteiger partial charge in [0.05, 0.1) is 19.3 Å². The van der Waals surface area contributed by atoms with E-state index in [1.165, 1.54) is 4.90 Å². The van der Waals surface area contributed by atoms with E-state index in [-0.39, 0.29) is 18.4 Å². The molecule has 2 heterocycles. The maximum Gasteiger partial charge on any atom is 0.240 e. The van der Waals surface area contributed by atoms with Crippen molar-refractivity contribution in [3.63, 3.8) is 0 Å². The molecule has 1 aromatic heterocycles. The van der Waals surface area contributed by atoms with E-state index in [9.17, 15) is 9.59 Å². The van der Waals surface area contributed by atoms with E-state index in [2.05, 4.69) is 26.3 Å². The minimum atomic E-state index is -0.234. The first-order valence-electron chi connectivity index (χ1n) is 7.92. The lowest BCUT2D eigenvalue weighted by Gasteiger charge is -2.27. The average molecular weight is 407 g/mol. The Labute approximate surface area is 154 Å². The van der Waals surface area contributed by atoms with Gasteiger partial charge >= 0.3 is 0 Å². The van der Waals surface area contributed by atoms with Crippen molar-refractivity contribution in [2.75, 3.05) is 18.6 Å². The van der Waals surface area contributed by atoms with Crippen molar-refractivity contribution in [2.24, 2.45) is 0 Å². The van der Waals surface area contributed by atoms with E-state index in [1.54, 1.807) is 11.8 Å². The molecule has 0 saturated heterocycles. The molecule has 2 amide bonds. The van der Waals surface area contributed by atoms with Gasteiger partial charge in [0.25, 0.3) is 0 Å². The quantitative estimate of drug-likeness (QED) is 0.823. The third kappa shape index (κ3) is 3.84. The van der Waals surface area contributed by atoms with Crippen molar-refractivity contribution >= 4 is 33.6 Å². The van der Waals surface area contributed by atoms with Crippen molar-refractivity contribution in [1.29, 1.82) is 0 Å². The SMILES string of the molecule is COc1ccc(Br)cc1CNC(=O)CN1C(=O)CCn2nc(C)cc21. The maximum absolute atomic E-state index is 12.3. The average Bonchev–Trinajstić information content (AvgIpc) is 2.96. The van der Waals surface area contributed by atoms with Crippen LogP contribution in [0.2, 0.25) is 0 Å². The molecule has 2 aromatic rings. The fraction of sp³-hybridized carbons (Fsp3) is 0.353. The first kappa shape index (κ1) is 17.5. The number of hydrogen-bond acceptors (Lipinski definition) is 4. The van der Waals surface area contributed by atoms with Crippen LogP contribution in [0.1, 0.15) is 17.7 Å². The molecule has 1 aliphatic heterocycles. The molecule has 0 radical (unpaired) electrons. The number of carbonyl (C=O) groups excluding carboxylic acids is 2. The molecule has 1 N–H and O–H groups in total. The van der Waals surface area contributed by atoms with Gasteiger partial charge in [0, 0.05) is 29.1 Å². The molecule has 0 saturated carbocycles. The molecule has 0 fully saturated rings. The van der Waals surface area contributed by atoms with Crippen LogP contribution in [0, 0.1) is 6.92 Å². The van der Waals surface area contributed by atoms with Crippen LogP contribution in [0.4, 0.5) is 5.82 Å². The van der Waals surface area contributed by atoms with Crippen molar-refractivity contribution in [1.82, 2.24) is 15.1 Å². The Balaban J connectivity index is 1.67. The number of aromatic nitrogens is 2. The lowest BCUT2D eigenvalue weighted by molar-refractivity contribution is -0.124. The Morgan fingerprint density at radius 2 is 2.20 bits per heavy atom. The summed E-state index contributed by atoms with van der Waals surface area (Å²) in [6.07, 6.45) is 0.348. The minimum Gasteiger partial charge on any atom is -0.496 e. The number of amides is 2. The number of nitrogens with one attached hydrogen (secondary N) is 1. The third-order valence-corrected chi connectivity index (χ3v) is 4.51. The fourth-order valence-corrected chi connectivity index (χ4v) is 3.23. The molecule has 25 heavy (non-hydrogen) atoms. The molecule has 0 aliphatic carbocycles. The smallest absolute Gasteiger partial charge is 0.240 e. The zero-order valence-electron chi connectivity index (χ0n) is 14.1. The number of methoxy groups -OCH3 is 1. The van der Waals surface area contributed by atoms with Gasteiger partial charge in [-0.15, -0.1) is 0 Å². The lowest BCUT2D eigenvalue weighted by atomic mass is 10.2. The van der Waals surface area contributed by atoms with Gasteiger partial charge in [-0.3, -0.25) is 14.5 Å². The van der Waals surface area contributed by atoms with E-state index >= 15 is 0 Å². The number of ether oxygens (including phenoxy) is 1. The summed E-state index contributed by atoms with van der Waals surface area (Å²) < 4.78 is 7.97. The Morgan fingerprint density at radius 1 is 1.40 bits per heavy atom. The van der Waals surface area contributed by atoms with Crippen molar-refractivity contribution in [3.8, 4) is 5.75 Å². The van der Waals surface area contributed by atoms with Gasteiger partial charge in [0.1, 0.15) is 18.1 Å². The molecule has 0 atom stereocenters. The second-order valence-corrected chi connectivity index (χ2v) is 6.75. The van der Waals surface area contributed by atoms with Crippen LogP contribution in [0.3, 0.4) is 0 Å². The van der Waals surface area contributed by atoms with Crippen molar-refractivity contribution < 1.29 is 14.3 Å². The summed E-state index contributed by atoms with van der Waals surface area (Å²) in [5.41, 5.74) is 1.69. The summed E-state index contributed by atoms with van der Waals surface area (Å²) in [5, 5.41) is 7.18. The van der Waals surface area contributed by atoms with E-state index in [0.29, 0.717) is 31.1 Å². The monoisotopic (exact) mass is 406 g/mol. The second-order valence-electron chi connectivity index (χ2n) is 5.83. The molecule has 3 rings (SSSR count). The molecule has 132 valence electrons. The Kier molecular flexibility index (Phi) is 5.08. The first-order chi connectivity index (χ1) is 12.0. The number of aryl methyl sites for hydroxylation is 2. The number of rotatable bonds is 5. The Morgan fingerprint density at radius 3 is 2.96 bits per heavy atom. The van der Waals surface area contributed by atoms with Crippen molar-refractivity contribution in [3.05, 3.63) is 40.0 Å². The van der Waals surface area contributed by atoms with Crippen LogP contribution >= 0.6 is 15.9 Å². The molecule has 7 nitrogen and oxygen atoms in total. The first-order valence-corrected chi connectivity index (χ1v) is 8.71. The third-order valence-electron chi connectivity index (χ3n) is 4.02. The van der Waals surface area contributed by atoms with Crippen LogP contribution in [0.15, 0.2) is 28.7 Å². The molecule has 0 unspecified atom stereocenters. The van der Waals surface area contributed by atoms with Gasteiger partial charge in [-0.2, -0.15) is 5.10 Å². The van der Waals surface area contributed by atoms with Crippen LogP contribution in [0.25, 0.3) is 0 Å². The Bertz CT molecular complexity index is 818. The highest BCUT2D eigenvalue weighted by Crippen LogP contribution is 2.24. The fourth-order valence-electron chi connectivity index (χ4n) is 2.83. The van der Waals surface area contributed by atoms with Gasteiger partial charge in [-0.1, -0.05) is 15.9 Å². The van der Waals surface area contributed by atoms with E-state index in [4.69, 9.17) is 4.74 Å². The number of nitrogens with zero attached hydrogens (tertiary/aromatic N) is 3. The number of anilines is 1. The molecular weight excluding hydrogens is 388 g/mol. The van der Waals surface area contributed by atoms with Crippen LogP contribution in [-0.4, -0.2) is 35.2 Å². The predicted molar refractivity (Wildman–Crippen MR) is 96.5 cm³/mol. The van der Waals surface area contributed by atoms with Gasteiger partial charge in [0.2, 0.25) is 11.8 Å². The van der Waals surface area contributed by atoms with Crippen LogP contribution < -0.4 is 15.0 Å². The summed E-state index contributed by atoms with van der Waals surface area (Å²) in [4.78, 5) is 26.0. The van der Waals surface area contributed by atoms with Crippen LogP contribution in [0.5, 0.6) is 5.75 Å². The molecular formula is C17H19BrN4O3. The number of fused-ring (bicyclic) bond motifs is 1. The number of hydrogen-bond donors (Lipinski definition) is 1. The molecule has 1 aromatic carbocycles. The van der Waals surface area contributed by atoms with E-state index in [1.807, 2.05) is 31.2 Å². The van der Waals surface area contributed by atoms with Gasteiger partial charge in [-0.05, 0) is 25.1 Å². The number of benzene rings is 1. The standard InChI is InChI=1S/C17H19BrN4O3/c1-11-7-16-21(17(24)5-6-22(16)20-11)10-15(23)19-9-12-8-13(18)3-4-14(12)25-2/h3-4,7-8H,5-6,9-10H2,1-2H3,(H,19,23). The van der Waals surface area contributed by atoms with E-state index < -0.39 is 0 Å². The number of carbonyl (C=O) groups is 2. The predicted octanol–water partition coefficient (Wildman–Crippen LogP) is 2.02. The topological polar surface area (TPSA) is 76.5 Å². The zero-order valence-corrected chi connectivity index (χ0v) is 15.7. The molecule has 0 spiro atoms. The van der Waals surface area contributed by atoms with Crippen molar-refractivity contribution in [2.45, 2.75) is 26.4 Å². The highest BCUT2D eigenvalue weighted by atomic mass is 79.9. The normalized spacial score (nSPS) is 13.6. The van der Waals surface area contributed by atoms with Crippen LogP contribution in [-0.2, 0) is 22.7 Å². The highest BCUT2D eigenvalue weighted by Gasteiger charge is 2.27. The van der Waals surface area contributed by atoms with E-state index in [0.717, 1.165) is 15.7 Å². The molecule has 8 heteroatoms.